The first kappa shape index (κ1) is 21.7. The lowest BCUT2D eigenvalue weighted by molar-refractivity contribution is -0.110. The molecule has 4 aliphatic carbocycles. The number of aromatic nitrogens is 1. The van der Waals surface area contributed by atoms with Crippen LogP contribution in [-0.4, -0.2) is 4.98 Å². The van der Waals surface area contributed by atoms with Crippen molar-refractivity contribution >= 4 is 5.57 Å². The highest BCUT2D eigenvalue weighted by Gasteiger charge is 2.59. The summed E-state index contributed by atoms with van der Waals surface area (Å²) in [5.41, 5.74) is 5.29. The summed E-state index contributed by atoms with van der Waals surface area (Å²) in [6, 6.07) is 2.38. The Labute approximate surface area is 191 Å². The first-order valence-corrected chi connectivity index (χ1v) is 13.6. The van der Waals surface area contributed by atoms with Crippen LogP contribution >= 0.6 is 0 Å². The van der Waals surface area contributed by atoms with Crippen LogP contribution in [0.25, 0.3) is 5.57 Å². The van der Waals surface area contributed by atoms with Crippen LogP contribution in [0.15, 0.2) is 24.5 Å². The molecule has 0 aromatic carbocycles. The molecule has 170 valence electrons. The average molecular weight is 420 g/mol. The Morgan fingerprint density at radius 1 is 1.00 bits per heavy atom. The molecular formula is C30H45N. The van der Waals surface area contributed by atoms with E-state index in [1.54, 1.807) is 5.57 Å². The third-order valence-corrected chi connectivity index (χ3v) is 10.7. The number of hydrogen-bond donors (Lipinski definition) is 0. The third-order valence-electron chi connectivity index (χ3n) is 10.7. The standard InChI is InChI=1S/C30H45N/c1-5-6-10-22-18-24-27-13-12-26(23-17-21(2)19-31-20-23)30(27,4)16-14-28(24)29(3)15-9-7-8-11-25(22)29/h12,17,19-20,22,24-25,27-28H,5-11,13-16,18H2,1-4H3. The van der Waals surface area contributed by atoms with Crippen LogP contribution in [0, 0.1) is 47.3 Å². The number of allylic oxidation sites excluding steroid dienone is 2. The highest BCUT2D eigenvalue weighted by atomic mass is 14.7. The van der Waals surface area contributed by atoms with Crippen molar-refractivity contribution in [3.05, 3.63) is 35.7 Å². The van der Waals surface area contributed by atoms with Gasteiger partial charge in [0.15, 0.2) is 0 Å². The summed E-state index contributed by atoms with van der Waals surface area (Å²) >= 11 is 0. The van der Waals surface area contributed by atoms with Crippen LogP contribution in [0.2, 0.25) is 0 Å². The van der Waals surface area contributed by atoms with E-state index in [1.165, 1.54) is 88.2 Å². The van der Waals surface area contributed by atoms with Gasteiger partial charge in [0.05, 0.1) is 0 Å². The largest absolute Gasteiger partial charge is 0.264 e. The van der Waals surface area contributed by atoms with E-state index in [9.17, 15) is 0 Å². The van der Waals surface area contributed by atoms with Crippen LogP contribution in [0.4, 0.5) is 0 Å². The lowest BCUT2D eigenvalue weighted by Crippen LogP contribution is -2.53. The second-order valence-corrected chi connectivity index (χ2v) is 12.3. The topological polar surface area (TPSA) is 12.9 Å². The molecule has 3 saturated carbocycles. The molecule has 1 aromatic heterocycles. The number of rotatable bonds is 4. The van der Waals surface area contributed by atoms with E-state index < -0.39 is 0 Å². The summed E-state index contributed by atoms with van der Waals surface area (Å²) in [5.74, 6) is 4.74. The third kappa shape index (κ3) is 3.53. The molecule has 0 aliphatic heterocycles. The van der Waals surface area contributed by atoms with Crippen LogP contribution in [0.5, 0.6) is 0 Å². The van der Waals surface area contributed by atoms with Crippen molar-refractivity contribution in [2.75, 3.05) is 0 Å². The molecule has 0 bridgehead atoms. The lowest BCUT2D eigenvalue weighted by atomic mass is 9.44. The molecule has 0 N–H and O–H groups in total. The fourth-order valence-electron chi connectivity index (χ4n) is 9.25. The van der Waals surface area contributed by atoms with Crippen molar-refractivity contribution in [3.8, 4) is 0 Å². The molecule has 0 spiro atoms. The minimum Gasteiger partial charge on any atom is -0.264 e. The maximum atomic E-state index is 4.56. The number of fused-ring (bicyclic) bond motifs is 5. The van der Waals surface area contributed by atoms with Crippen molar-refractivity contribution < 1.29 is 0 Å². The van der Waals surface area contributed by atoms with Gasteiger partial charge in [-0.1, -0.05) is 65.4 Å². The van der Waals surface area contributed by atoms with Gasteiger partial charge in [-0.15, -0.1) is 0 Å². The molecule has 7 unspecified atom stereocenters. The fourth-order valence-corrected chi connectivity index (χ4v) is 9.25. The van der Waals surface area contributed by atoms with Crippen LogP contribution in [0.3, 0.4) is 0 Å². The van der Waals surface area contributed by atoms with E-state index in [0.717, 1.165) is 29.6 Å². The molecule has 1 aromatic rings. The Kier molecular flexibility index (Phi) is 5.85. The summed E-state index contributed by atoms with van der Waals surface area (Å²) in [5, 5.41) is 0. The zero-order chi connectivity index (χ0) is 21.6. The SMILES string of the molecule is CCCCC1CC2C3CC=C(c4cncc(C)c4)C3(C)CCC2C2(C)CCCCCC12. The van der Waals surface area contributed by atoms with E-state index in [4.69, 9.17) is 0 Å². The molecule has 3 fully saturated rings. The second-order valence-electron chi connectivity index (χ2n) is 12.3. The van der Waals surface area contributed by atoms with Crippen molar-refractivity contribution in [2.45, 2.75) is 105 Å². The Balaban J connectivity index is 1.47. The Bertz CT molecular complexity index is 823. The monoisotopic (exact) mass is 419 g/mol. The van der Waals surface area contributed by atoms with Gasteiger partial charge in [-0.05, 0) is 109 Å². The van der Waals surface area contributed by atoms with E-state index in [0.29, 0.717) is 10.8 Å². The quantitative estimate of drug-likeness (QED) is 0.476. The molecule has 1 nitrogen and oxygen atoms in total. The van der Waals surface area contributed by atoms with E-state index >= 15 is 0 Å². The number of aryl methyl sites for hydroxylation is 1. The Hall–Kier alpha value is -1.11. The maximum absolute atomic E-state index is 4.56. The van der Waals surface area contributed by atoms with Crippen molar-refractivity contribution in [1.29, 1.82) is 0 Å². The molecule has 1 heteroatoms. The minimum absolute atomic E-state index is 0.361. The number of pyridine rings is 1. The van der Waals surface area contributed by atoms with Gasteiger partial charge in [0.25, 0.3) is 0 Å². The molecule has 7 atom stereocenters. The smallest absolute Gasteiger partial charge is 0.0343 e. The van der Waals surface area contributed by atoms with Gasteiger partial charge in [-0.2, -0.15) is 0 Å². The molecule has 0 saturated heterocycles. The zero-order valence-corrected chi connectivity index (χ0v) is 20.6. The molecule has 5 rings (SSSR count). The van der Waals surface area contributed by atoms with Crippen LogP contribution in [-0.2, 0) is 0 Å². The van der Waals surface area contributed by atoms with E-state index in [1.807, 2.05) is 6.20 Å². The summed E-state index contributed by atoms with van der Waals surface area (Å²) in [4.78, 5) is 4.56. The summed E-state index contributed by atoms with van der Waals surface area (Å²) in [7, 11) is 0. The Morgan fingerprint density at radius 2 is 1.87 bits per heavy atom. The average Bonchev–Trinajstić information content (AvgIpc) is 2.97. The van der Waals surface area contributed by atoms with Crippen molar-refractivity contribution in [3.63, 3.8) is 0 Å². The fraction of sp³-hybridized carbons (Fsp3) is 0.767. The lowest BCUT2D eigenvalue weighted by Gasteiger charge is -2.61. The minimum atomic E-state index is 0.361. The highest BCUT2D eigenvalue weighted by molar-refractivity contribution is 5.72. The molecule has 31 heavy (non-hydrogen) atoms. The first-order valence-electron chi connectivity index (χ1n) is 13.6. The van der Waals surface area contributed by atoms with Gasteiger partial charge < -0.3 is 0 Å². The summed E-state index contributed by atoms with van der Waals surface area (Å²) in [6.07, 6.45) is 24.2. The molecule has 1 heterocycles. The van der Waals surface area contributed by atoms with Crippen LogP contribution < -0.4 is 0 Å². The summed E-state index contributed by atoms with van der Waals surface area (Å²) < 4.78 is 0. The predicted octanol–water partition coefficient (Wildman–Crippen LogP) is 8.62. The van der Waals surface area contributed by atoms with E-state index in [2.05, 4.69) is 51.0 Å². The predicted molar refractivity (Wildman–Crippen MR) is 132 cm³/mol. The number of unbranched alkanes of at least 4 members (excludes halogenated alkanes) is 1. The normalized spacial score (nSPS) is 42.2. The van der Waals surface area contributed by atoms with Crippen molar-refractivity contribution in [1.82, 2.24) is 4.98 Å². The van der Waals surface area contributed by atoms with Gasteiger partial charge in [-0.3, -0.25) is 4.98 Å². The van der Waals surface area contributed by atoms with Gasteiger partial charge >= 0.3 is 0 Å². The zero-order valence-electron chi connectivity index (χ0n) is 20.6. The number of hydrogen-bond acceptors (Lipinski definition) is 1. The Morgan fingerprint density at radius 3 is 2.68 bits per heavy atom. The van der Waals surface area contributed by atoms with Gasteiger partial charge in [0.1, 0.15) is 0 Å². The van der Waals surface area contributed by atoms with E-state index in [-0.39, 0.29) is 0 Å². The van der Waals surface area contributed by atoms with Crippen LogP contribution in [0.1, 0.15) is 109 Å². The molecular weight excluding hydrogens is 374 g/mol. The van der Waals surface area contributed by atoms with Gasteiger partial charge in [0, 0.05) is 12.4 Å². The number of nitrogens with zero attached hydrogens (tertiary/aromatic N) is 1. The van der Waals surface area contributed by atoms with Crippen molar-refractivity contribution in [2.24, 2.45) is 40.4 Å². The maximum Gasteiger partial charge on any atom is 0.0343 e. The molecule has 4 aliphatic rings. The highest BCUT2D eigenvalue weighted by Crippen LogP contribution is 2.68. The van der Waals surface area contributed by atoms with Gasteiger partial charge in [0.2, 0.25) is 0 Å². The van der Waals surface area contributed by atoms with Gasteiger partial charge in [-0.25, -0.2) is 0 Å². The molecule has 0 radical (unpaired) electrons. The summed E-state index contributed by atoms with van der Waals surface area (Å²) in [6.45, 7) is 9.96. The second kappa shape index (κ2) is 8.35. The first-order chi connectivity index (χ1) is 15.0. The molecule has 0 amide bonds.